The zero-order valence-electron chi connectivity index (χ0n) is 19.0. The molecule has 1 aliphatic heterocycles. The Kier molecular flexibility index (Phi) is 7.22. The van der Waals surface area contributed by atoms with Crippen LogP contribution in [0.25, 0.3) is 0 Å². The molecule has 1 aliphatic rings. The van der Waals surface area contributed by atoms with Crippen LogP contribution in [0.5, 0.6) is 0 Å². The molecule has 1 unspecified atom stereocenters. The summed E-state index contributed by atoms with van der Waals surface area (Å²) in [6.45, 7) is 9.70. The highest BCUT2D eigenvalue weighted by Gasteiger charge is 2.24. The average molecular weight is 443 g/mol. The quantitative estimate of drug-likeness (QED) is 0.699. The van der Waals surface area contributed by atoms with Crippen molar-refractivity contribution in [2.45, 2.75) is 64.2 Å². The number of carbonyl (C=O) groups is 1. The highest BCUT2D eigenvalue weighted by molar-refractivity contribution is 7.88. The smallest absolute Gasteiger partial charge is 0.251 e. The summed E-state index contributed by atoms with van der Waals surface area (Å²) in [5.41, 5.74) is 3.62. The first-order chi connectivity index (χ1) is 14.6. The SMILES string of the molecule is CC(NC(=O)c1ccc(CS(=O)(=O)N2CCCCC2)cc1)c1ccc(C(C)(C)C)cc1. The molecule has 0 aromatic heterocycles. The van der Waals surface area contributed by atoms with Crippen molar-refractivity contribution in [1.29, 1.82) is 0 Å². The number of rotatable bonds is 6. The van der Waals surface area contributed by atoms with E-state index >= 15 is 0 Å². The maximum absolute atomic E-state index is 12.7. The molecule has 0 radical (unpaired) electrons. The van der Waals surface area contributed by atoms with E-state index in [9.17, 15) is 13.2 Å². The van der Waals surface area contributed by atoms with E-state index in [1.54, 1.807) is 28.6 Å². The fraction of sp³-hybridized carbons (Fsp3) is 0.480. The summed E-state index contributed by atoms with van der Waals surface area (Å²) in [7, 11) is -3.31. The number of nitrogens with one attached hydrogen (secondary N) is 1. The second-order valence-electron chi connectivity index (χ2n) is 9.48. The molecule has 2 aromatic rings. The van der Waals surface area contributed by atoms with Gasteiger partial charge in [-0.1, -0.05) is 63.6 Å². The Morgan fingerprint density at radius 1 is 0.968 bits per heavy atom. The third-order valence-electron chi connectivity index (χ3n) is 5.90. The van der Waals surface area contributed by atoms with Gasteiger partial charge in [0.2, 0.25) is 10.0 Å². The predicted molar refractivity (Wildman–Crippen MR) is 126 cm³/mol. The van der Waals surface area contributed by atoms with Crippen molar-refractivity contribution in [2.75, 3.05) is 13.1 Å². The van der Waals surface area contributed by atoms with Gasteiger partial charge in [0.15, 0.2) is 0 Å². The van der Waals surface area contributed by atoms with E-state index < -0.39 is 10.0 Å². The Morgan fingerprint density at radius 3 is 2.10 bits per heavy atom. The Balaban J connectivity index is 1.61. The van der Waals surface area contributed by atoms with E-state index in [0.717, 1.165) is 24.8 Å². The molecule has 3 rings (SSSR count). The van der Waals surface area contributed by atoms with Gasteiger partial charge >= 0.3 is 0 Å². The van der Waals surface area contributed by atoms with Crippen LogP contribution in [0, 0.1) is 0 Å². The van der Waals surface area contributed by atoms with Crippen LogP contribution in [0.1, 0.15) is 80.0 Å². The number of hydrogen-bond donors (Lipinski definition) is 1. The summed E-state index contributed by atoms with van der Waals surface area (Å²) in [6.07, 6.45) is 2.94. The Morgan fingerprint density at radius 2 is 1.55 bits per heavy atom. The summed E-state index contributed by atoms with van der Waals surface area (Å²) in [4.78, 5) is 12.7. The molecule has 0 bridgehead atoms. The lowest BCUT2D eigenvalue weighted by molar-refractivity contribution is 0.0940. The lowest BCUT2D eigenvalue weighted by Gasteiger charge is -2.25. The van der Waals surface area contributed by atoms with Gasteiger partial charge in [-0.2, -0.15) is 0 Å². The summed E-state index contributed by atoms with van der Waals surface area (Å²) in [5, 5.41) is 3.02. The van der Waals surface area contributed by atoms with Gasteiger partial charge in [0.05, 0.1) is 11.8 Å². The number of benzene rings is 2. The molecule has 31 heavy (non-hydrogen) atoms. The molecule has 1 amide bonds. The van der Waals surface area contributed by atoms with E-state index in [1.165, 1.54) is 5.56 Å². The van der Waals surface area contributed by atoms with Crippen LogP contribution >= 0.6 is 0 Å². The number of piperidine rings is 1. The van der Waals surface area contributed by atoms with E-state index in [0.29, 0.717) is 24.2 Å². The van der Waals surface area contributed by atoms with Crippen LogP contribution in [-0.4, -0.2) is 31.7 Å². The molecule has 1 fully saturated rings. The molecule has 5 nitrogen and oxygen atoms in total. The first-order valence-corrected chi connectivity index (χ1v) is 12.7. The zero-order valence-corrected chi connectivity index (χ0v) is 19.8. The highest BCUT2D eigenvalue weighted by Crippen LogP contribution is 2.24. The summed E-state index contributed by atoms with van der Waals surface area (Å²) in [5.74, 6) is -0.191. The van der Waals surface area contributed by atoms with Crippen molar-refractivity contribution in [3.63, 3.8) is 0 Å². The van der Waals surface area contributed by atoms with Crippen LogP contribution in [0.3, 0.4) is 0 Å². The molecule has 2 aromatic carbocycles. The Bertz CT molecular complexity index is 985. The second kappa shape index (κ2) is 9.53. The minimum atomic E-state index is -3.31. The van der Waals surface area contributed by atoms with E-state index in [-0.39, 0.29) is 23.1 Å². The minimum Gasteiger partial charge on any atom is -0.346 e. The fourth-order valence-electron chi connectivity index (χ4n) is 3.83. The fourth-order valence-corrected chi connectivity index (χ4v) is 5.44. The highest BCUT2D eigenvalue weighted by atomic mass is 32.2. The maximum atomic E-state index is 12.7. The molecule has 1 saturated heterocycles. The lowest BCUT2D eigenvalue weighted by atomic mass is 9.86. The maximum Gasteiger partial charge on any atom is 0.251 e. The van der Waals surface area contributed by atoms with E-state index in [1.807, 2.05) is 6.92 Å². The van der Waals surface area contributed by atoms with E-state index in [2.05, 4.69) is 50.4 Å². The Hall–Kier alpha value is -2.18. The largest absolute Gasteiger partial charge is 0.346 e. The average Bonchev–Trinajstić information content (AvgIpc) is 2.74. The Labute approximate surface area is 186 Å². The molecule has 1 heterocycles. The van der Waals surface area contributed by atoms with Gasteiger partial charge in [-0.15, -0.1) is 0 Å². The molecule has 6 heteroatoms. The third-order valence-corrected chi connectivity index (χ3v) is 7.75. The summed E-state index contributed by atoms with van der Waals surface area (Å²) in [6, 6.07) is 15.1. The van der Waals surface area contributed by atoms with Crippen molar-refractivity contribution >= 4 is 15.9 Å². The van der Waals surface area contributed by atoms with Crippen molar-refractivity contribution in [3.8, 4) is 0 Å². The first-order valence-electron chi connectivity index (χ1n) is 11.0. The van der Waals surface area contributed by atoms with Gasteiger partial charge in [0.25, 0.3) is 5.91 Å². The van der Waals surface area contributed by atoms with Gasteiger partial charge in [-0.05, 0) is 54.0 Å². The molecule has 0 spiro atoms. The van der Waals surface area contributed by atoms with Crippen molar-refractivity contribution in [1.82, 2.24) is 9.62 Å². The minimum absolute atomic E-state index is 0.0224. The number of hydrogen-bond acceptors (Lipinski definition) is 3. The van der Waals surface area contributed by atoms with Crippen molar-refractivity contribution < 1.29 is 13.2 Å². The van der Waals surface area contributed by atoms with Crippen molar-refractivity contribution in [3.05, 3.63) is 70.8 Å². The number of sulfonamides is 1. The van der Waals surface area contributed by atoms with Crippen LogP contribution in [0.15, 0.2) is 48.5 Å². The molecule has 1 atom stereocenters. The predicted octanol–water partition coefficient (Wildman–Crippen LogP) is 4.79. The second-order valence-corrected chi connectivity index (χ2v) is 11.4. The number of carbonyl (C=O) groups excluding carboxylic acids is 1. The first kappa shape index (κ1) is 23.5. The molecule has 168 valence electrons. The normalized spacial score (nSPS) is 16.6. The number of nitrogens with zero attached hydrogens (tertiary/aromatic N) is 1. The molecule has 0 saturated carbocycles. The van der Waals surface area contributed by atoms with Gasteiger partial charge < -0.3 is 5.32 Å². The van der Waals surface area contributed by atoms with Gasteiger partial charge in [-0.3, -0.25) is 4.79 Å². The third kappa shape index (κ3) is 6.17. The van der Waals surface area contributed by atoms with Gasteiger partial charge in [-0.25, -0.2) is 12.7 Å². The van der Waals surface area contributed by atoms with Crippen molar-refractivity contribution in [2.24, 2.45) is 0 Å². The van der Waals surface area contributed by atoms with Gasteiger partial charge in [0.1, 0.15) is 0 Å². The van der Waals surface area contributed by atoms with Crippen LogP contribution in [0.4, 0.5) is 0 Å². The molecule has 0 aliphatic carbocycles. The monoisotopic (exact) mass is 442 g/mol. The van der Waals surface area contributed by atoms with E-state index in [4.69, 9.17) is 0 Å². The summed E-state index contributed by atoms with van der Waals surface area (Å²) >= 11 is 0. The molecular weight excluding hydrogens is 408 g/mol. The summed E-state index contributed by atoms with van der Waals surface area (Å²) < 4.78 is 26.8. The van der Waals surface area contributed by atoms with Crippen LogP contribution in [-0.2, 0) is 21.2 Å². The standard InChI is InChI=1S/C25H34N2O3S/c1-19(21-12-14-23(15-13-21)25(2,3)4)26-24(28)22-10-8-20(9-11-22)18-31(29,30)27-16-6-5-7-17-27/h8-15,19H,5-7,16-18H2,1-4H3,(H,26,28). The topological polar surface area (TPSA) is 66.5 Å². The van der Waals surface area contributed by atoms with Crippen LogP contribution in [0.2, 0.25) is 0 Å². The lowest BCUT2D eigenvalue weighted by Crippen LogP contribution is -2.36. The van der Waals surface area contributed by atoms with Crippen LogP contribution < -0.4 is 5.32 Å². The molecular formula is C25H34N2O3S. The molecule has 1 N–H and O–H groups in total. The number of amides is 1. The van der Waals surface area contributed by atoms with Gasteiger partial charge in [0, 0.05) is 18.7 Å². The zero-order chi connectivity index (χ0) is 22.6.